The Labute approximate surface area is 162 Å². The first-order valence-corrected chi connectivity index (χ1v) is 8.67. The van der Waals surface area contributed by atoms with E-state index in [9.17, 15) is 4.79 Å². The minimum atomic E-state index is -0.230. The Morgan fingerprint density at radius 3 is 2.29 bits per heavy atom. The van der Waals surface area contributed by atoms with Crippen molar-refractivity contribution in [3.8, 4) is 22.9 Å². The molecule has 3 rings (SSSR count). The lowest BCUT2D eigenvalue weighted by atomic mass is 10.1. The molecule has 0 aliphatic carbocycles. The number of rotatable bonds is 7. The number of nitrogens with zero attached hydrogens (tertiary/aromatic N) is 2. The van der Waals surface area contributed by atoms with Crippen LogP contribution < -0.4 is 10.5 Å². The molecule has 28 heavy (non-hydrogen) atoms. The second-order valence-corrected chi connectivity index (χ2v) is 6.07. The van der Waals surface area contributed by atoms with Gasteiger partial charge in [-0.1, -0.05) is 36.4 Å². The van der Waals surface area contributed by atoms with Gasteiger partial charge in [-0.15, -0.1) is 10.2 Å². The van der Waals surface area contributed by atoms with E-state index in [4.69, 9.17) is 15.9 Å². The fourth-order valence-electron chi connectivity index (χ4n) is 2.54. The highest BCUT2D eigenvalue weighted by atomic mass is 16.5. The summed E-state index contributed by atoms with van der Waals surface area (Å²) in [6.07, 6.45) is 0.959. The highest BCUT2D eigenvalue weighted by molar-refractivity contribution is 5.95. The van der Waals surface area contributed by atoms with Crippen molar-refractivity contribution in [2.24, 2.45) is 5.73 Å². The van der Waals surface area contributed by atoms with Crippen LogP contribution in [0.2, 0.25) is 0 Å². The normalized spacial score (nSPS) is 10.3. The summed E-state index contributed by atoms with van der Waals surface area (Å²) in [6, 6.07) is 18.2. The number of hydrogen-bond donors (Lipinski definition) is 2. The number of methoxy groups -OCH3 is 1. The average molecular weight is 376 g/mol. The van der Waals surface area contributed by atoms with Crippen LogP contribution in [-0.4, -0.2) is 29.1 Å². The van der Waals surface area contributed by atoms with Crippen LogP contribution >= 0.6 is 0 Å². The number of aromatic nitrogens is 2. The lowest BCUT2D eigenvalue weighted by Crippen LogP contribution is -2.10. The van der Waals surface area contributed by atoms with E-state index in [2.05, 4.69) is 14.9 Å². The van der Waals surface area contributed by atoms with E-state index in [0.29, 0.717) is 35.7 Å². The van der Waals surface area contributed by atoms with E-state index in [1.54, 1.807) is 18.2 Å². The topological polar surface area (TPSA) is 111 Å². The van der Waals surface area contributed by atoms with Crippen molar-refractivity contribution in [2.75, 3.05) is 7.11 Å². The van der Waals surface area contributed by atoms with E-state index in [1.807, 2.05) is 42.5 Å². The lowest BCUT2D eigenvalue weighted by Gasteiger charge is -2.07. The molecule has 0 spiro atoms. The van der Waals surface area contributed by atoms with Gasteiger partial charge in [-0.3, -0.25) is 10.2 Å². The van der Waals surface area contributed by atoms with Crippen LogP contribution in [-0.2, 0) is 16.0 Å². The average Bonchev–Trinajstić information content (AvgIpc) is 2.73. The number of aryl methyl sites for hydroxylation is 1. The Bertz CT molecular complexity index is 952. The molecule has 0 saturated heterocycles. The van der Waals surface area contributed by atoms with Crippen LogP contribution in [0.3, 0.4) is 0 Å². The molecule has 0 bridgehead atoms. The highest BCUT2D eigenvalue weighted by Gasteiger charge is 2.05. The van der Waals surface area contributed by atoms with Crippen molar-refractivity contribution in [3.63, 3.8) is 0 Å². The molecule has 7 nitrogen and oxygen atoms in total. The van der Waals surface area contributed by atoms with Gasteiger partial charge in [0.15, 0.2) is 0 Å². The Morgan fingerprint density at radius 2 is 1.71 bits per heavy atom. The molecule has 1 aromatic heterocycles. The number of hydrogen-bond acceptors (Lipinski definition) is 6. The van der Waals surface area contributed by atoms with Crippen LogP contribution in [0.25, 0.3) is 11.3 Å². The van der Waals surface area contributed by atoms with Crippen molar-refractivity contribution in [1.29, 1.82) is 5.41 Å². The van der Waals surface area contributed by atoms with Crippen molar-refractivity contribution < 1.29 is 14.3 Å². The summed E-state index contributed by atoms with van der Waals surface area (Å²) < 4.78 is 10.4. The molecule has 7 heteroatoms. The van der Waals surface area contributed by atoms with Gasteiger partial charge in [-0.05, 0) is 30.2 Å². The van der Waals surface area contributed by atoms with E-state index in [-0.39, 0.29) is 11.8 Å². The van der Waals surface area contributed by atoms with Gasteiger partial charge in [-0.25, -0.2) is 0 Å². The molecule has 0 atom stereocenters. The van der Waals surface area contributed by atoms with Gasteiger partial charge in [0.2, 0.25) is 5.88 Å². The fraction of sp³-hybridized carbons (Fsp3) is 0.143. The Balaban J connectivity index is 1.62. The molecule has 0 aliphatic heterocycles. The monoisotopic (exact) mass is 376 g/mol. The maximum atomic E-state index is 11.2. The van der Waals surface area contributed by atoms with Crippen molar-refractivity contribution in [3.05, 3.63) is 71.8 Å². The number of amidine groups is 1. The summed E-state index contributed by atoms with van der Waals surface area (Å²) in [5.74, 6) is 0.811. The molecule has 142 valence electrons. The number of ether oxygens (including phenoxy) is 2. The first-order chi connectivity index (χ1) is 13.5. The zero-order valence-corrected chi connectivity index (χ0v) is 15.4. The standard InChI is InChI=1S/C21H20N4O3/c1-27-20(26)13-4-14-2-9-17(10-3-14)28-19-12-11-18(24-25-19)15-5-7-16(8-6-15)21(22)23/h2-3,5-12H,4,13H2,1H3,(H3,22,23). The van der Waals surface area contributed by atoms with Gasteiger partial charge >= 0.3 is 5.97 Å². The summed E-state index contributed by atoms with van der Waals surface area (Å²) in [5.41, 5.74) is 8.71. The second-order valence-electron chi connectivity index (χ2n) is 6.07. The number of nitrogens with one attached hydrogen (secondary N) is 1. The van der Waals surface area contributed by atoms with E-state index in [0.717, 1.165) is 11.1 Å². The number of nitrogen functional groups attached to an aromatic ring is 1. The predicted molar refractivity (Wildman–Crippen MR) is 105 cm³/mol. The van der Waals surface area contributed by atoms with Crippen molar-refractivity contribution in [1.82, 2.24) is 10.2 Å². The fourth-order valence-corrected chi connectivity index (χ4v) is 2.54. The van der Waals surface area contributed by atoms with E-state index < -0.39 is 0 Å². The van der Waals surface area contributed by atoms with Crippen molar-refractivity contribution in [2.45, 2.75) is 12.8 Å². The molecule has 0 fully saturated rings. The third kappa shape index (κ3) is 4.91. The van der Waals surface area contributed by atoms with Gasteiger partial charge in [0.25, 0.3) is 0 Å². The number of carbonyl (C=O) groups excluding carboxylic acids is 1. The van der Waals surface area contributed by atoms with E-state index >= 15 is 0 Å². The second kappa shape index (κ2) is 8.77. The van der Waals surface area contributed by atoms with Crippen LogP contribution in [0.4, 0.5) is 0 Å². The summed E-state index contributed by atoms with van der Waals surface area (Å²) in [5, 5.41) is 15.7. The summed E-state index contributed by atoms with van der Waals surface area (Å²) in [4.78, 5) is 11.2. The van der Waals surface area contributed by atoms with E-state index in [1.165, 1.54) is 7.11 Å². The molecule has 0 saturated carbocycles. The first-order valence-electron chi connectivity index (χ1n) is 8.67. The van der Waals surface area contributed by atoms with Gasteiger partial charge < -0.3 is 15.2 Å². The minimum absolute atomic E-state index is 0.0256. The van der Waals surface area contributed by atoms with Gasteiger partial charge in [-0.2, -0.15) is 0 Å². The molecular weight excluding hydrogens is 356 g/mol. The molecule has 0 unspecified atom stereocenters. The first kappa shape index (κ1) is 19.0. The van der Waals surface area contributed by atoms with Crippen LogP contribution in [0.15, 0.2) is 60.7 Å². The largest absolute Gasteiger partial charge is 0.469 e. The zero-order valence-electron chi connectivity index (χ0n) is 15.4. The van der Waals surface area contributed by atoms with Crippen LogP contribution in [0.1, 0.15) is 17.5 Å². The molecule has 3 N–H and O–H groups in total. The maximum absolute atomic E-state index is 11.2. The number of esters is 1. The Morgan fingerprint density at radius 1 is 1.00 bits per heavy atom. The molecule has 3 aromatic rings. The molecular formula is C21H20N4O3. The van der Waals surface area contributed by atoms with Crippen molar-refractivity contribution >= 4 is 11.8 Å². The SMILES string of the molecule is COC(=O)CCc1ccc(Oc2ccc(-c3ccc(C(=N)N)cc3)nn2)cc1. The third-order valence-corrected chi connectivity index (χ3v) is 4.12. The summed E-state index contributed by atoms with van der Waals surface area (Å²) in [6.45, 7) is 0. The number of nitrogens with two attached hydrogens (primary N) is 1. The molecule has 0 amide bonds. The molecule has 1 heterocycles. The quantitative estimate of drug-likeness (QED) is 0.372. The predicted octanol–water partition coefficient (Wildman–Crippen LogP) is 3.33. The third-order valence-electron chi connectivity index (χ3n) is 4.12. The smallest absolute Gasteiger partial charge is 0.305 e. The summed E-state index contributed by atoms with van der Waals surface area (Å²) >= 11 is 0. The maximum Gasteiger partial charge on any atom is 0.305 e. The Kier molecular flexibility index (Phi) is 5.96. The molecule has 0 aliphatic rings. The van der Waals surface area contributed by atoms with Gasteiger partial charge in [0, 0.05) is 23.6 Å². The molecule has 2 aromatic carbocycles. The van der Waals surface area contributed by atoms with Gasteiger partial charge in [0.1, 0.15) is 11.6 Å². The molecule has 0 radical (unpaired) electrons. The zero-order chi connectivity index (χ0) is 19.9. The van der Waals surface area contributed by atoms with Crippen LogP contribution in [0.5, 0.6) is 11.6 Å². The highest BCUT2D eigenvalue weighted by Crippen LogP contribution is 2.22. The summed E-state index contributed by atoms with van der Waals surface area (Å²) in [7, 11) is 1.38. The van der Waals surface area contributed by atoms with Crippen LogP contribution in [0, 0.1) is 5.41 Å². The Hall–Kier alpha value is -3.74. The number of benzene rings is 2. The lowest BCUT2D eigenvalue weighted by molar-refractivity contribution is -0.140. The van der Waals surface area contributed by atoms with Gasteiger partial charge in [0.05, 0.1) is 12.8 Å². The minimum Gasteiger partial charge on any atom is -0.469 e. The number of carbonyl (C=O) groups is 1.